The Kier molecular flexibility index (Phi) is 10.3. The van der Waals surface area contributed by atoms with Crippen LogP contribution in [0.4, 0.5) is 0 Å². The molecule has 1 aromatic carbocycles. The minimum atomic E-state index is -1.83. The highest BCUT2D eigenvalue weighted by atomic mass is 28.3. The zero-order chi connectivity index (χ0) is 24.9. The molecule has 32 heavy (non-hydrogen) atoms. The van der Waals surface area contributed by atoms with Gasteiger partial charge >= 0.3 is 0 Å². The molecule has 0 amide bonds. The monoisotopic (exact) mass is 466 g/mol. The second-order valence-corrected chi connectivity index (χ2v) is 22.4. The van der Waals surface area contributed by atoms with Crippen molar-refractivity contribution in [3.63, 3.8) is 0 Å². The number of aldehydes is 1. The van der Waals surface area contributed by atoms with E-state index in [4.69, 9.17) is 0 Å². The summed E-state index contributed by atoms with van der Waals surface area (Å²) in [6.45, 7) is 27.9. The summed E-state index contributed by atoms with van der Waals surface area (Å²) >= 11 is 0. The van der Waals surface area contributed by atoms with E-state index in [9.17, 15) is 4.79 Å². The first-order valence-corrected chi connectivity index (χ1v) is 16.9. The van der Waals surface area contributed by atoms with E-state index in [1.807, 2.05) is 12.1 Å². The van der Waals surface area contributed by atoms with Crippen molar-refractivity contribution in [3.05, 3.63) is 34.9 Å². The van der Waals surface area contributed by atoms with Crippen LogP contribution in [0.3, 0.4) is 0 Å². The van der Waals surface area contributed by atoms with Gasteiger partial charge in [0.1, 0.15) is 22.4 Å². The highest BCUT2D eigenvalue weighted by Gasteiger charge is 2.42. The number of benzene rings is 1. The van der Waals surface area contributed by atoms with E-state index in [-0.39, 0.29) is 0 Å². The maximum Gasteiger partial charge on any atom is 0.150 e. The van der Waals surface area contributed by atoms with E-state index in [1.165, 1.54) is 0 Å². The van der Waals surface area contributed by atoms with Gasteiger partial charge in [0.2, 0.25) is 0 Å². The van der Waals surface area contributed by atoms with E-state index in [0.29, 0.717) is 38.8 Å². The Morgan fingerprint density at radius 1 is 0.562 bits per heavy atom. The standard InChI is InChI=1S/C29H46OSi2/c1-21(2)31(22(3)4,23(5)6)15-13-27-17-28(19-29(18-27)20-30)14-16-32(24(7)8,25(9)10)26(11)12/h17-26H,1-12H3. The largest absolute Gasteiger partial charge is 0.298 e. The highest BCUT2D eigenvalue weighted by Crippen LogP contribution is 2.41. The molecule has 0 unspecified atom stereocenters. The van der Waals surface area contributed by atoms with Crippen LogP contribution >= 0.6 is 0 Å². The Morgan fingerprint density at radius 3 is 1.06 bits per heavy atom. The van der Waals surface area contributed by atoms with Crippen molar-refractivity contribution in [2.75, 3.05) is 0 Å². The molecule has 3 heteroatoms. The van der Waals surface area contributed by atoms with E-state index >= 15 is 0 Å². The van der Waals surface area contributed by atoms with Crippen LogP contribution in [0.2, 0.25) is 33.2 Å². The minimum Gasteiger partial charge on any atom is -0.298 e. The maximum absolute atomic E-state index is 11.7. The Labute approximate surface area is 201 Å². The summed E-state index contributed by atoms with van der Waals surface area (Å²) < 4.78 is 0. The zero-order valence-electron chi connectivity index (χ0n) is 22.7. The van der Waals surface area contributed by atoms with Crippen molar-refractivity contribution in [1.82, 2.24) is 0 Å². The van der Waals surface area contributed by atoms with Crippen molar-refractivity contribution in [3.8, 4) is 22.9 Å². The van der Waals surface area contributed by atoms with E-state index in [2.05, 4.69) is 112 Å². The molecule has 0 saturated heterocycles. The molecule has 1 aromatic rings. The Bertz CT molecular complexity index is 787. The third-order valence-electron chi connectivity index (χ3n) is 7.67. The van der Waals surface area contributed by atoms with Gasteiger partial charge in [-0.2, -0.15) is 0 Å². The van der Waals surface area contributed by atoms with Gasteiger partial charge in [0.15, 0.2) is 0 Å². The average molecular weight is 467 g/mol. The van der Waals surface area contributed by atoms with Gasteiger partial charge in [-0.3, -0.25) is 4.79 Å². The number of hydrogen-bond acceptors (Lipinski definition) is 1. The number of carbonyl (C=O) groups is 1. The molecule has 0 atom stereocenters. The first-order valence-electron chi connectivity index (χ1n) is 12.4. The van der Waals surface area contributed by atoms with Crippen LogP contribution in [-0.4, -0.2) is 22.4 Å². The molecule has 0 N–H and O–H groups in total. The summed E-state index contributed by atoms with van der Waals surface area (Å²) in [7, 11) is -3.65. The first-order chi connectivity index (χ1) is 14.7. The van der Waals surface area contributed by atoms with Gasteiger partial charge in [0, 0.05) is 16.7 Å². The Hall–Kier alpha value is -1.56. The van der Waals surface area contributed by atoms with Gasteiger partial charge < -0.3 is 0 Å². The lowest BCUT2D eigenvalue weighted by Gasteiger charge is -2.38. The summed E-state index contributed by atoms with van der Waals surface area (Å²) in [6.07, 6.45) is 0.923. The first kappa shape index (κ1) is 28.5. The average Bonchev–Trinajstić information content (AvgIpc) is 2.67. The Balaban J connectivity index is 3.64. The molecule has 0 spiro atoms. The fourth-order valence-corrected chi connectivity index (χ4v) is 16.5. The molecule has 176 valence electrons. The highest BCUT2D eigenvalue weighted by molar-refractivity contribution is 6.91. The normalized spacial score (nSPS) is 12.4. The molecule has 0 aromatic heterocycles. The lowest BCUT2D eigenvalue weighted by molar-refractivity contribution is 0.112. The molecule has 0 aliphatic carbocycles. The van der Waals surface area contributed by atoms with Crippen molar-refractivity contribution >= 4 is 22.4 Å². The Morgan fingerprint density at radius 2 is 0.844 bits per heavy atom. The summed E-state index contributed by atoms with van der Waals surface area (Å²) in [6, 6.07) is 5.93. The van der Waals surface area contributed by atoms with E-state index in [1.54, 1.807) is 0 Å². The predicted octanol–water partition coefficient (Wildman–Crippen LogP) is 8.64. The van der Waals surface area contributed by atoms with Crippen molar-refractivity contribution in [1.29, 1.82) is 0 Å². The maximum atomic E-state index is 11.7. The van der Waals surface area contributed by atoms with Gasteiger partial charge in [-0.25, -0.2) is 0 Å². The SMILES string of the molecule is CC(C)[Si](C#Cc1cc(C#C[Si](C(C)C)(C(C)C)C(C)C)cc(C=O)c1)(C(C)C)C(C)C. The molecule has 0 radical (unpaired) electrons. The molecule has 0 aliphatic heterocycles. The lowest BCUT2D eigenvalue weighted by atomic mass is 10.1. The number of carbonyl (C=O) groups excluding carboxylic acids is 1. The van der Waals surface area contributed by atoms with Gasteiger partial charge in [-0.15, -0.1) is 11.1 Å². The van der Waals surface area contributed by atoms with Crippen LogP contribution in [-0.2, 0) is 0 Å². The summed E-state index contributed by atoms with van der Waals surface area (Å²) in [5.74, 6) is 7.01. The molecular formula is C29H46OSi2. The lowest BCUT2D eigenvalue weighted by Crippen LogP contribution is -2.43. The van der Waals surface area contributed by atoms with Gasteiger partial charge in [-0.1, -0.05) is 94.9 Å². The van der Waals surface area contributed by atoms with Crippen molar-refractivity contribution in [2.45, 2.75) is 116 Å². The van der Waals surface area contributed by atoms with Crippen LogP contribution in [0.25, 0.3) is 0 Å². The summed E-state index contributed by atoms with van der Waals surface area (Å²) in [5.41, 5.74) is 13.6. The van der Waals surface area contributed by atoms with Crippen LogP contribution < -0.4 is 0 Å². The van der Waals surface area contributed by atoms with Crippen molar-refractivity contribution in [2.24, 2.45) is 0 Å². The fraction of sp³-hybridized carbons (Fsp3) is 0.621. The molecule has 0 aliphatic rings. The molecule has 0 fully saturated rings. The van der Waals surface area contributed by atoms with Gasteiger partial charge in [0.05, 0.1) is 0 Å². The zero-order valence-corrected chi connectivity index (χ0v) is 24.7. The minimum absolute atomic E-state index is 0.582. The molecule has 1 rings (SSSR count). The molecule has 0 bridgehead atoms. The summed E-state index contributed by atoms with van der Waals surface area (Å²) in [5, 5.41) is 0. The van der Waals surface area contributed by atoms with Crippen LogP contribution in [0.15, 0.2) is 18.2 Å². The van der Waals surface area contributed by atoms with Crippen molar-refractivity contribution < 1.29 is 4.79 Å². The second kappa shape index (κ2) is 11.5. The van der Waals surface area contributed by atoms with Gasteiger partial charge in [-0.05, 0) is 51.4 Å². The third-order valence-corrected chi connectivity index (χ3v) is 20.3. The topological polar surface area (TPSA) is 17.1 Å². The molecule has 1 nitrogen and oxygen atoms in total. The number of rotatable bonds is 7. The van der Waals surface area contributed by atoms with Crippen LogP contribution in [0.1, 0.15) is 105 Å². The quantitative estimate of drug-likeness (QED) is 0.223. The van der Waals surface area contributed by atoms with Gasteiger partial charge in [0.25, 0.3) is 0 Å². The fourth-order valence-electron chi connectivity index (χ4n) is 6.09. The van der Waals surface area contributed by atoms with Crippen LogP contribution in [0.5, 0.6) is 0 Å². The predicted molar refractivity (Wildman–Crippen MR) is 148 cm³/mol. The van der Waals surface area contributed by atoms with E-state index < -0.39 is 16.1 Å². The second-order valence-electron chi connectivity index (χ2n) is 11.3. The third kappa shape index (κ3) is 5.86. The molecule has 0 saturated carbocycles. The smallest absolute Gasteiger partial charge is 0.150 e. The van der Waals surface area contributed by atoms with E-state index in [0.717, 1.165) is 17.4 Å². The summed E-state index contributed by atoms with van der Waals surface area (Å²) in [4.78, 5) is 11.7. The van der Waals surface area contributed by atoms with Crippen LogP contribution in [0, 0.1) is 22.9 Å². The molecule has 0 heterocycles. The number of hydrogen-bond donors (Lipinski definition) is 0. The molecular weight excluding hydrogens is 420 g/mol.